The summed E-state index contributed by atoms with van der Waals surface area (Å²) in [7, 11) is 1.56. The van der Waals surface area contributed by atoms with Crippen LogP contribution in [-0.2, 0) is 16.1 Å². The minimum absolute atomic E-state index is 0.0319. The first kappa shape index (κ1) is 13.4. The van der Waals surface area contributed by atoms with Crippen LogP contribution in [-0.4, -0.2) is 36.5 Å². The van der Waals surface area contributed by atoms with Gasteiger partial charge in [-0.25, -0.2) is 4.79 Å². The SMILES string of the molecule is CN(CC(=O)NC1CC1)C(=O)OCc1ccccc1. The van der Waals surface area contributed by atoms with Gasteiger partial charge >= 0.3 is 6.09 Å². The molecule has 0 radical (unpaired) electrons. The van der Waals surface area contributed by atoms with Crippen LogP contribution in [0.25, 0.3) is 0 Å². The van der Waals surface area contributed by atoms with Crippen molar-refractivity contribution in [1.29, 1.82) is 0 Å². The summed E-state index contributed by atoms with van der Waals surface area (Å²) in [6, 6.07) is 9.74. The van der Waals surface area contributed by atoms with Gasteiger partial charge in [-0.05, 0) is 18.4 Å². The molecular weight excluding hydrogens is 244 g/mol. The van der Waals surface area contributed by atoms with Crippen molar-refractivity contribution in [3.63, 3.8) is 0 Å². The van der Waals surface area contributed by atoms with E-state index in [1.54, 1.807) is 7.05 Å². The Labute approximate surface area is 112 Å². The van der Waals surface area contributed by atoms with E-state index in [2.05, 4.69) is 5.32 Å². The largest absolute Gasteiger partial charge is 0.445 e. The van der Waals surface area contributed by atoms with Crippen molar-refractivity contribution in [3.8, 4) is 0 Å². The van der Waals surface area contributed by atoms with Gasteiger partial charge in [-0.15, -0.1) is 0 Å². The smallest absolute Gasteiger partial charge is 0.410 e. The number of rotatable bonds is 5. The number of carbonyl (C=O) groups excluding carboxylic acids is 2. The predicted molar refractivity (Wildman–Crippen MR) is 70.4 cm³/mol. The third kappa shape index (κ3) is 4.62. The maximum atomic E-state index is 11.7. The molecule has 1 aromatic rings. The van der Waals surface area contributed by atoms with Gasteiger partial charge in [-0.3, -0.25) is 4.79 Å². The monoisotopic (exact) mass is 262 g/mol. The Morgan fingerprint density at radius 1 is 1.32 bits per heavy atom. The zero-order valence-electron chi connectivity index (χ0n) is 11.0. The number of ether oxygens (including phenoxy) is 1. The van der Waals surface area contributed by atoms with Gasteiger partial charge in [0, 0.05) is 13.1 Å². The highest BCUT2D eigenvalue weighted by Gasteiger charge is 2.24. The van der Waals surface area contributed by atoms with E-state index in [0.717, 1.165) is 18.4 Å². The van der Waals surface area contributed by atoms with Gasteiger partial charge in [0.2, 0.25) is 5.91 Å². The van der Waals surface area contributed by atoms with E-state index < -0.39 is 6.09 Å². The van der Waals surface area contributed by atoms with Crippen molar-refractivity contribution in [3.05, 3.63) is 35.9 Å². The average molecular weight is 262 g/mol. The average Bonchev–Trinajstić information content (AvgIpc) is 3.20. The van der Waals surface area contributed by atoms with E-state index in [4.69, 9.17) is 4.74 Å². The van der Waals surface area contributed by atoms with Crippen LogP contribution in [0.5, 0.6) is 0 Å². The molecule has 102 valence electrons. The molecule has 0 heterocycles. The lowest BCUT2D eigenvalue weighted by Gasteiger charge is -2.16. The standard InChI is InChI=1S/C14H18N2O3/c1-16(9-13(17)15-12-7-8-12)14(18)19-10-11-5-3-2-4-6-11/h2-6,12H,7-10H2,1H3,(H,15,17). The Morgan fingerprint density at radius 2 is 2.00 bits per heavy atom. The fourth-order valence-electron chi connectivity index (χ4n) is 1.61. The van der Waals surface area contributed by atoms with Crippen LogP contribution in [0.3, 0.4) is 0 Å². The molecule has 1 saturated carbocycles. The molecule has 2 rings (SSSR count). The number of hydrogen-bond acceptors (Lipinski definition) is 3. The lowest BCUT2D eigenvalue weighted by atomic mass is 10.2. The first-order chi connectivity index (χ1) is 9.15. The lowest BCUT2D eigenvalue weighted by molar-refractivity contribution is -0.121. The second-order valence-corrected chi connectivity index (χ2v) is 4.74. The van der Waals surface area contributed by atoms with E-state index in [1.807, 2.05) is 30.3 Å². The molecule has 0 unspecified atom stereocenters. The van der Waals surface area contributed by atoms with E-state index >= 15 is 0 Å². The molecule has 0 saturated heterocycles. The Bertz CT molecular complexity index is 443. The topological polar surface area (TPSA) is 58.6 Å². The predicted octanol–water partition coefficient (Wildman–Crippen LogP) is 1.53. The molecule has 0 atom stereocenters. The summed E-state index contributed by atoms with van der Waals surface area (Å²) in [4.78, 5) is 24.5. The lowest BCUT2D eigenvalue weighted by Crippen LogP contribution is -2.39. The number of nitrogens with zero attached hydrogens (tertiary/aromatic N) is 1. The molecule has 1 aliphatic carbocycles. The summed E-state index contributed by atoms with van der Waals surface area (Å²) >= 11 is 0. The Kier molecular flexibility index (Phi) is 4.39. The van der Waals surface area contributed by atoms with Crippen molar-refractivity contribution in [1.82, 2.24) is 10.2 Å². The van der Waals surface area contributed by atoms with Gasteiger partial charge in [-0.1, -0.05) is 30.3 Å². The Hall–Kier alpha value is -2.04. The molecule has 5 heteroatoms. The number of carbonyl (C=O) groups is 2. The zero-order chi connectivity index (χ0) is 13.7. The first-order valence-corrected chi connectivity index (χ1v) is 6.36. The van der Waals surface area contributed by atoms with Crippen molar-refractivity contribution >= 4 is 12.0 Å². The van der Waals surface area contributed by atoms with E-state index in [0.29, 0.717) is 6.04 Å². The second kappa shape index (κ2) is 6.22. The highest BCUT2D eigenvalue weighted by atomic mass is 16.6. The minimum atomic E-state index is -0.491. The third-order valence-electron chi connectivity index (χ3n) is 2.84. The summed E-state index contributed by atoms with van der Waals surface area (Å²) in [5.41, 5.74) is 0.923. The Balaban J connectivity index is 1.71. The van der Waals surface area contributed by atoms with Gasteiger partial charge in [-0.2, -0.15) is 0 Å². The number of likely N-dealkylation sites (N-methyl/N-ethyl adjacent to an activating group) is 1. The maximum absolute atomic E-state index is 11.7. The molecule has 1 aliphatic rings. The van der Waals surface area contributed by atoms with Gasteiger partial charge in [0.05, 0.1) is 0 Å². The number of nitrogens with one attached hydrogen (secondary N) is 1. The Morgan fingerprint density at radius 3 is 2.63 bits per heavy atom. The first-order valence-electron chi connectivity index (χ1n) is 6.36. The number of benzene rings is 1. The molecule has 0 aromatic heterocycles. The van der Waals surface area contributed by atoms with Crippen molar-refractivity contribution in [2.75, 3.05) is 13.6 Å². The highest BCUT2D eigenvalue weighted by Crippen LogP contribution is 2.18. The fraction of sp³-hybridized carbons (Fsp3) is 0.429. The van der Waals surface area contributed by atoms with Crippen molar-refractivity contribution in [2.45, 2.75) is 25.5 Å². The molecule has 1 fully saturated rings. The number of hydrogen-bond donors (Lipinski definition) is 1. The fourth-order valence-corrected chi connectivity index (χ4v) is 1.61. The van der Waals surface area contributed by atoms with Crippen LogP contribution < -0.4 is 5.32 Å². The van der Waals surface area contributed by atoms with Crippen LogP contribution in [0.4, 0.5) is 4.79 Å². The molecular formula is C14H18N2O3. The zero-order valence-corrected chi connectivity index (χ0v) is 11.0. The van der Waals surface area contributed by atoms with Crippen LogP contribution in [0.15, 0.2) is 30.3 Å². The second-order valence-electron chi connectivity index (χ2n) is 4.74. The number of amides is 2. The van der Waals surface area contributed by atoms with Gasteiger partial charge in [0.1, 0.15) is 13.2 Å². The van der Waals surface area contributed by atoms with Crippen molar-refractivity contribution < 1.29 is 14.3 Å². The van der Waals surface area contributed by atoms with Crippen LogP contribution in [0, 0.1) is 0 Å². The molecule has 1 aromatic carbocycles. The van der Waals surface area contributed by atoms with Gasteiger partial charge in [0.15, 0.2) is 0 Å². The summed E-state index contributed by atoms with van der Waals surface area (Å²) in [5, 5.41) is 2.83. The maximum Gasteiger partial charge on any atom is 0.410 e. The van der Waals surface area contributed by atoms with Crippen LogP contribution in [0.1, 0.15) is 18.4 Å². The molecule has 19 heavy (non-hydrogen) atoms. The highest BCUT2D eigenvalue weighted by molar-refractivity contribution is 5.82. The molecule has 0 aliphatic heterocycles. The molecule has 1 N–H and O–H groups in total. The van der Waals surface area contributed by atoms with Gasteiger partial charge in [0.25, 0.3) is 0 Å². The van der Waals surface area contributed by atoms with Crippen LogP contribution in [0.2, 0.25) is 0 Å². The summed E-state index contributed by atoms with van der Waals surface area (Å²) in [5.74, 6) is -0.137. The quantitative estimate of drug-likeness (QED) is 0.875. The van der Waals surface area contributed by atoms with E-state index in [9.17, 15) is 9.59 Å². The molecule has 5 nitrogen and oxygen atoms in total. The summed E-state index contributed by atoms with van der Waals surface area (Å²) in [6.07, 6.45) is 1.58. The van der Waals surface area contributed by atoms with Gasteiger partial charge < -0.3 is 15.0 Å². The summed E-state index contributed by atoms with van der Waals surface area (Å²) in [6.45, 7) is 0.248. The van der Waals surface area contributed by atoms with E-state index in [-0.39, 0.29) is 19.1 Å². The molecule has 0 spiro atoms. The molecule has 2 amide bonds. The van der Waals surface area contributed by atoms with Crippen LogP contribution >= 0.6 is 0 Å². The summed E-state index contributed by atoms with van der Waals surface area (Å²) < 4.78 is 5.12. The molecule has 0 bridgehead atoms. The van der Waals surface area contributed by atoms with E-state index in [1.165, 1.54) is 4.90 Å². The minimum Gasteiger partial charge on any atom is -0.445 e. The normalized spacial score (nSPS) is 13.7. The van der Waals surface area contributed by atoms with Crippen molar-refractivity contribution in [2.24, 2.45) is 0 Å². The third-order valence-corrected chi connectivity index (χ3v) is 2.84.